The zero-order chi connectivity index (χ0) is 11.3. The highest BCUT2D eigenvalue weighted by atomic mass is 35.5. The van der Waals surface area contributed by atoms with Crippen LogP contribution in [0, 0.1) is 0 Å². The minimum absolute atomic E-state index is 0. The fourth-order valence-corrected chi connectivity index (χ4v) is 1.05. The van der Waals surface area contributed by atoms with E-state index in [1.165, 1.54) is 12.1 Å². The number of para-hydroxylation sites is 1. The average Bonchev–Trinajstić information content (AvgIpc) is 2.26. The van der Waals surface area contributed by atoms with Crippen LogP contribution in [-0.2, 0) is 4.74 Å². The summed E-state index contributed by atoms with van der Waals surface area (Å²) in [5.41, 5.74) is 10.8. The van der Waals surface area contributed by atoms with Gasteiger partial charge in [-0.3, -0.25) is 0 Å². The van der Waals surface area contributed by atoms with E-state index in [4.69, 9.17) is 16.2 Å². The van der Waals surface area contributed by atoms with Crippen molar-refractivity contribution in [3.8, 4) is 5.75 Å². The summed E-state index contributed by atoms with van der Waals surface area (Å²) < 4.78 is 4.97. The maximum Gasteiger partial charge on any atom is 0.342 e. The van der Waals surface area contributed by atoms with Gasteiger partial charge in [-0.2, -0.15) is 0 Å². The summed E-state index contributed by atoms with van der Waals surface area (Å²) in [6, 6.07) is 6.14. The molecular formula is C10H16Cl2N2O3. The van der Waals surface area contributed by atoms with E-state index in [1.54, 1.807) is 12.1 Å². The molecule has 0 radical (unpaired) electrons. The van der Waals surface area contributed by atoms with E-state index in [0.717, 1.165) is 0 Å². The van der Waals surface area contributed by atoms with Crippen LogP contribution in [0.2, 0.25) is 0 Å². The van der Waals surface area contributed by atoms with E-state index in [2.05, 4.69) is 0 Å². The van der Waals surface area contributed by atoms with Gasteiger partial charge in [0.25, 0.3) is 0 Å². The first-order valence-corrected chi connectivity index (χ1v) is 4.58. The van der Waals surface area contributed by atoms with Gasteiger partial charge >= 0.3 is 5.97 Å². The molecule has 0 saturated heterocycles. The number of nitrogens with two attached hydrogens (primary N) is 2. The summed E-state index contributed by atoms with van der Waals surface area (Å²) in [6.07, 6.45) is -0.517. The minimum atomic E-state index is -0.617. The molecule has 0 aliphatic heterocycles. The summed E-state index contributed by atoms with van der Waals surface area (Å²) in [6.45, 7) is 0.325. The number of aromatic hydroxyl groups is 1. The second-order valence-corrected chi connectivity index (χ2v) is 3.02. The Morgan fingerprint density at radius 2 is 1.76 bits per heavy atom. The molecule has 5 N–H and O–H groups in total. The van der Waals surface area contributed by atoms with Crippen molar-refractivity contribution in [2.45, 2.75) is 6.10 Å². The van der Waals surface area contributed by atoms with Crippen molar-refractivity contribution in [1.82, 2.24) is 0 Å². The first kappa shape index (κ1) is 18.4. The summed E-state index contributed by atoms with van der Waals surface area (Å²) in [7, 11) is 0. The Morgan fingerprint density at radius 1 is 1.24 bits per heavy atom. The Hall–Kier alpha value is -1.01. The fraction of sp³-hybridized carbons (Fsp3) is 0.300. The van der Waals surface area contributed by atoms with Crippen molar-refractivity contribution in [3.05, 3.63) is 29.8 Å². The van der Waals surface area contributed by atoms with Gasteiger partial charge in [0.05, 0.1) is 0 Å². The lowest BCUT2D eigenvalue weighted by molar-refractivity contribution is 0.0335. The Balaban J connectivity index is 0. The Kier molecular flexibility index (Phi) is 9.79. The number of rotatable bonds is 4. The monoisotopic (exact) mass is 282 g/mol. The van der Waals surface area contributed by atoms with E-state index in [1.807, 2.05) is 0 Å². The lowest BCUT2D eigenvalue weighted by Crippen LogP contribution is -2.33. The zero-order valence-electron chi connectivity index (χ0n) is 9.04. The third-order valence-electron chi connectivity index (χ3n) is 1.92. The molecule has 0 atom stereocenters. The van der Waals surface area contributed by atoms with Crippen molar-refractivity contribution in [3.63, 3.8) is 0 Å². The summed E-state index contributed by atoms with van der Waals surface area (Å²) in [5, 5.41) is 9.38. The fourth-order valence-electron chi connectivity index (χ4n) is 1.05. The molecule has 5 nitrogen and oxygen atoms in total. The van der Waals surface area contributed by atoms with Crippen LogP contribution >= 0.6 is 24.8 Å². The van der Waals surface area contributed by atoms with Gasteiger partial charge in [-0.1, -0.05) is 12.1 Å². The standard InChI is InChI=1S/C10H14N2O3.2ClH/c11-5-7(6-12)15-10(14)8-3-1-2-4-9(8)13;;/h1-4,7,13H,5-6,11-12H2;2*1H. The van der Waals surface area contributed by atoms with Crippen LogP contribution in [0.3, 0.4) is 0 Å². The first-order chi connectivity index (χ1) is 7.19. The predicted octanol–water partition coefficient (Wildman–Crippen LogP) is 0.679. The molecule has 17 heavy (non-hydrogen) atoms. The van der Waals surface area contributed by atoms with Gasteiger partial charge in [0, 0.05) is 13.1 Å². The second kappa shape index (κ2) is 9.07. The SMILES string of the molecule is Cl.Cl.NCC(CN)OC(=O)c1ccccc1O. The average molecular weight is 283 g/mol. The van der Waals surface area contributed by atoms with Gasteiger partial charge in [-0.05, 0) is 12.1 Å². The van der Waals surface area contributed by atoms with Crippen molar-refractivity contribution in [1.29, 1.82) is 0 Å². The maximum atomic E-state index is 11.5. The number of halogens is 2. The van der Waals surface area contributed by atoms with Gasteiger partial charge in [-0.25, -0.2) is 4.79 Å². The van der Waals surface area contributed by atoms with E-state index in [0.29, 0.717) is 0 Å². The van der Waals surface area contributed by atoms with E-state index < -0.39 is 12.1 Å². The first-order valence-electron chi connectivity index (χ1n) is 4.58. The van der Waals surface area contributed by atoms with Crippen LogP contribution in [0.5, 0.6) is 5.75 Å². The Labute approximate surface area is 112 Å². The third-order valence-corrected chi connectivity index (χ3v) is 1.92. The molecule has 1 aromatic carbocycles. The van der Waals surface area contributed by atoms with Crippen LogP contribution in [0.25, 0.3) is 0 Å². The highest BCUT2D eigenvalue weighted by molar-refractivity contribution is 5.92. The second-order valence-electron chi connectivity index (χ2n) is 3.02. The molecule has 0 aromatic heterocycles. The van der Waals surface area contributed by atoms with Crippen LogP contribution in [0.1, 0.15) is 10.4 Å². The van der Waals surface area contributed by atoms with Gasteiger partial charge in [0.1, 0.15) is 17.4 Å². The highest BCUT2D eigenvalue weighted by Gasteiger charge is 2.15. The number of carbonyl (C=O) groups is 1. The molecule has 1 rings (SSSR count). The highest BCUT2D eigenvalue weighted by Crippen LogP contribution is 2.16. The van der Waals surface area contributed by atoms with Crippen molar-refractivity contribution in [2.24, 2.45) is 11.5 Å². The van der Waals surface area contributed by atoms with E-state index in [-0.39, 0.29) is 49.2 Å². The lowest BCUT2D eigenvalue weighted by atomic mass is 10.2. The van der Waals surface area contributed by atoms with Gasteiger partial charge in [0.2, 0.25) is 0 Å². The quantitative estimate of drug-likeness (QED) is 0.706. The number of hydrogen-bond acceptors (Lipinski definition) is 5. The van der Waals surface area contributed by atoms with Crippen molar-refractivity contribution in [2.75, 3.05) is 13.1 Å². The Morgan fingerprint density at radius 3 is 2.24 bits per heavy atom. The van der Waals surface area contributed by atoms with Crippen LogP contribution in [0.4, 0.5) is 0 Å². The van der Waals surface area contributed by atoms with E-state index in [9.17, 15) is 9.90 Å². The molecule has 0 aliphatic rings. The number of carbonyl (C=O) groups excluding carboxylic acids is 1. The molecule has 0 unspecified atom stereocenters. The van der Waals surface area contributed by atoms with Crippen molar-refractivity contribution < 1.29 is 14.6 Å². The number of esters is 1. The normalized spacial score (nSPS) is 9.12. The van der Waals surface area contributed by atoms with Gasteiger partial charge in [0.15, 0.2) is 0 Å². The molecule has 0 saturated carbocycles. The molecule has 1 aromatic rings. The minimum Gasteiger partial charge on any atom is -0.507 e. The third kappa shape index (κ3) is 5.23. The summed E-state index contributed by atoms with van der Waals surface area (Å²) in [5.74, 6) is -0.732. The van der Waals surface area contributed by atoms with E-state index >= 15 is 0 Å². The molecule has 7 heteroatoms. The number of phenols is 1. The molecule has 98 valence electrons. The lowest BCUT2D eigenvalue weighted by Gasteiger charge is -2.13. The Bertz CT molecular complexity index is 346. The topological polar surface area (TPSA) is 98.6 Å². The largest absolute Gasteiger partial charge is 0.507 e. The number of hydrogen-bond donors (Lipinski definition) is 3. The number of phenolic OH excluding ortho intramolecular Hbond substituents is 1. The predicted molar refractivity (Wildman–Crippen MR) is 69.9 cm³/mol. The number of ether oxygens (including phenoxy) is 1. The molecule has 0 amide bonds. The molecular weight excluding hydrogens is 267 g/mol. The summed E-state index contributed by atoms with van der Waals surface area (Å²) >= 11 is 0. The van der Waals surface area contributed by atoms with Gasteiger partial charge < -0.3 is 21.3 Å². The number of benzene rings is 1. The summed E-state index contributed by atoms with van der Waals surface area (Å²) in [4.78, 5) is 11.5. The van der Waals surface area contributed by atoms with Gasteiger partial charge in [-0.15, -0.1) is 24.8 Å². The maximum absolute atomic E-state index is 11.5. The smallest absolute Gasteiger partial charge is 0.342 e. The van der Waals surface area contributed by atoms with Crippen LogP contribution in [0.15, 0.2) is 24.3 Å². The molecule has 0 fully saturated rings. The van der Waals surface area contributed by atoms with Crippen LogP contribution < -0.4 is 11.5 Å². The van der Waals surface area contributed by atoms with Crippen molar-refractivity contribution >= 4 is 30.8 Å². The zero-order valence-corrected chi connectivity index (χ0v) is 10.7. The molecule has 0 heterocycles. The molecule has 0 spiro atoms. The molecule has 0 aliphatic carbocycles. The van der Waals surface area contributed by atoms with Crippen LogP contribution in [-0.4, -0.2) is 30.3 Å². The molecule has 0 bridgehead atoms.